The molecular weight excluding hydrogens is 565 g/mol. The van der Waals surface area contributed by atoms with E-state index in [1.807, 2.05) is 0 Å². The molecule has 42 heavy (non-hydrogen) atoms. The van der Waals surface area contributed by atoms with Crippen LogP contribution in [-0.4, -0.2) is 70.2 Å². The number of nitrogens with two attached hydrogens (primary N) is 1. The van der Waals surface area contributed by atoms with Crippen LogP contribution in [0.4, 0.5) is 14.2 Å². The van der Waals surface area contributed by atoms with Crippen LogP contribution in [0, 0.1) is 29.5 Å². The third kappa shape index (κ3) is 4.93. The molecule has 12 nitrogen and oxygen atoms in total. The number of methoxy groups -OCH3 is 1. The average Bonchev–Trinajstić information content (AvgIpc) is 3.59. The number of rotatable bonds is 10. The molecule has 0 saturated carbocycles. The Hall–Kier alpha value is -4.19. The summed E-state index contributed by atoms with van der Waals surface area (Å²) in [6.45, 7) is 7.67. The van der Waals surface area contributed by atoms with Gasteiger partial charge in [0, 0.05) is 25.0 Å². The number of carbonyl (C=O) groups excluding carboxylic acids is 3. The predicted octanol–water partition coefficient (Wildman–Crippen LogP) is 3.88. The van der Waals surface area contributed by atoms with Crippen LogP contribution < -0.4 is 15.4 Å². The maximum absolute atomic E-state index is 14.6. The number of fused-ring (bicyclic) bond motifs is 1. The molecule has 0 spiro atoms. The number of thiophene rings is 1. The van der Waals surface area contributed by atoms with Gasteiger partial charge in [0.05, 0.1) is 51.2 Å². The zero-order valence-electron chi connectivity index (χ0n) is 24.5. The largest absolute Gasteiger partial charge is 0.496 e. The van der Waals surface area contributed by atoms with Crippen molar-refractivity contribution in [2.75, 3.05) is 32.2 Å². The monoisotopic (exact) mass is 598 g/mol. The number of anilines is 1. The first-order valence-corrected chi connectivity index (χ1v) is 13.8. The van der Waals surface area contributed by atoms with E-state index in [1.54, 1.807) is 20.8 Å². The maximum Gasteiger partial charge on any atom is 0.432 e. The van der Waals surface area contributed by atoms with Gasteiger partial charge in [0.25, 0.3) is 5.91 Å². The van der Waals surface area contributed by atoms with Crippen LogP contribution in [0.5, 0.6) is 5.75 Å². The molecular formula is C28H33FN7O5S+. The Morgan fingerprint density at radius 3 is 2.43 bits per heavy atom. The first-order chi connectivity index (χ1) is 19.6. The van der Waals surface area contributed by atoms with E-state index in [4.69, 9.17) is 15.2 Å². The molecule has 0 aliphatic carbocycles. The van der Waals surface area contributed by atoms with Crippen LogP contribution >= 0.6 is 11.3 Å². The number of hydrogen-bond donors (Lipinski definition) is 1. The van der Waals surface area contributed by atoms with Crippen molar-refractivity contribution in [3.8, 4) is 16.8 Å². The molecule has 0 radical (unpaired) electrons. The molecule has 222 valence electrons. The fourth-order valence-electron chi connectivity index (χ4n) is 4.66. The summed E-state index contributed by atoms with van der Waals surface area (Å²) >= 11 is 1.12. The summed E-state index contributed by atoms with van der Waals surface area (Å²) in [6.07, 6.45) is 1.96. The predicted molar refractivity (Wildman–Crippen MR) is 152 cm³/mol. The number of ether oxygens (including phenoxy) is 2. The lowest BCUT2D eigenvalue weighted by Gasteiger charge is -2.45. The summed E-state index contributed by atoms with van der Waals surface area (Å²) in [5, 5.41) is 18.8. The van der Waals surface area contributed by atoms with Crippen LogP contribution in [0.25, 0.3) is 5.00 Å². The molecule has 4 rings (SSSR count). The van der Waals surface area contributed by atoms with Gasteiger partial charge in [-0.05, 0) is 39.0 Å². The number of primary amides is 1. The topological polar surface area (TPSA) is 153 Å². The van der Waals surface area contributed by atoms with E-state index in [-0.39, 0.29) is 23.7 Å². The molecule has 14 heteroatoms. The summed E-state index contributed by atoms with van der Waals surface area (Å²) in [7, 11) is 2.77. The highest BCUT2D eigenvalue weighted by Gasteiger charge is 2.63. The van der Waals surface area contributed by atoms with Crippen molar-refractivity contribution in [1.82, 2.24) is 15.0 Å². The number of carbonyl (C=O) groups is 3. The Kier molecular flexibility index (Phi) is 7.98. The molecule has 1 unspecified atom stereocenters. The molecule has 0 fully saturated rings. The number of urea groups is 1. The number of imide groups is 1. The number of aromatic nitrogens is 3. The van der Waals surface area contributed by atoms with E-state index >= 15 is 0 Å². The van der Waals surface area contributed by atoms with E-state index in [1.165, 1.54) is 68.3 Å². The summed E-state index contributed by atoms with van der Waals surface area (Å²) in [6, 6.07) is 5.35. The number of nitrogens with zero attached hydrogens (tertiary/aromatic N) is 6. The highest BCUT2D eigenvalue weighted by Crippen LogP contribution is 2.47. The van der Waals surface area contributed by atoms with Crippen molar-refractivity contribution in [2.24, 2.45) is 11.1 Å². The molecule has 0 saturated heterocycles. The molecule has 1 aliphatic heterocycles. The van der Waals surface area contributed by atoms with Crippen LogP contribution in [-0.2, 0) is 9.53 Å². The van der Waals surface area contributed by atoms with Crippen LogP contribution in [0.3, 0.4) is 0 Å². The molecule has 3 aromatic rings. The van der Waals surface area contributed by atoms with E-state index in [2.05, 4.69) is 16.3 Å². The minimum atomic E-state index is -1.65. The van der Waals surface area contributed by atoms with Gasteiger partial charge in [-0.2, -0.15) is 19.9 Å². The number of benzene rings is 1. The normalized spacial score (nSPS) is 18.0. The Morgan fingerprint density at radius 1 is 1.21 bits per heavy atom. The van der Waals surface area contributed by atoms with Gasteiger partial charge in [-0.1, -0.05) is 11.3 Å². The van der Waals surface area contributed by atoms with Gasteiger partial charge in [0.1, 0.15) is 33.2 Å². The van der Waals surface area contributed by atoms with Gasteiger partial charge in [0.2, 0.25) is 0 Å². The molecule has 1 aliphatic rings. The summed E-state index contributed by atoms with van der Waals surface area (Å²) in [5.74, 6) is -1.73. The number of nitriles is 1. The third-order valence-corrected chi connectivity index (χ3v) is 9.02. The Labute approximate surface area is 246 Å². The summed E-state index contributed by atoms with van der Waals surface area (Å²) in [4.78, 5) is 44.0. The number of halogens is 1. The van der Waals surface area contributed by atoms with Crippen molar-refractivity contribution in [1.29, 1.82) is 5.26 Å². The van der Waals surface area contributed by atoms with E-state index in [9.17, 15) is 24.0 Å². The van der Waals surface area contributed by atoms with Gasteiger partial charge >= 0.3 is 11.9 Å². The van der Waals surface area contributed by atoms with E-state index in [0.29, 0.717) is 21.9 Å². The second-order valence-corrected chi connectivity index (χ2v) is 12.3. The van der Waals surface area contributed by atoms with Crippen LogP contribution in [0.1, 0.15) is 55.3 Å². The average molecular weight is 599 g/mol. The standard InChI is InChI=1S/C28H32FN7O5S/c1-16-21-23(42-22(16)35-32-10-11-33-35)34(26(39)36(6,24(21)37)28(4,5)25(31)38)13-20(41-15-27(2,3)14-30)18-12-17(29)8-9-19(18)40-7/h8-12,20H,13,15H2,1-7H3,(H-,31,38)/p+1/t20-,36?/m0/s1. The molecule has 1 aromatic carbocycles. The van der Waals surface area contributed by atoms with Crippen molar-refractivity contribution in [2.45, 2.75) is 46.3 Å². The van der Waals surface area contributed by atoms with Gasteiger partial charge < -0.3 is 15.2 Å². The Morgan fingerprint density at radius 2 is 1.86 bits per heavy atom. The van der Waals surface area contributed by atoms with E-state index < -0.39 is 45.2 Å². The van der Waals surface area contributed by atoms with Crippen LogP contribution in [0.2, 0.25) is 0 Å². The molecule has 0 bridgehead atoms. The maximum atomic E-state index is 14.6. The third-order valence-electron chi connectivity index (χ3n) is 7.74. The van der Waals surface area contributed by atoms with Gasteiger partial charge in [-0.3, -0.25) is 4.79 Å². The summed E-state index contributed by atoms with van der Waals surface area (Å²) in [5.41, 5.74) is 4.17. The molecule has 2 atom stereocenters. The van der Waals surface area contributed by atoms with E-state index in [0.717, 1.165) is 11.3 Å². The highest BCUT2D eigenvalue weighted by atomic mass is 32.1. The second kappa shape index (κ2) is 10.9. The quantitative estimate of drug-likeness (QED) is 0.345. The second-order valence-electron chi connectivity index (χ2n) is 11.3. The fraction of sp³-hybridized carbons (Fsp3) is 0.429. The number of quaternary nitrogens is 1. The molecule has 2 N–H and O–H groups in total. The zero-order chi connectivity index (χ0) is 31.2. The first-order valence-electron chi connectivity index (χ1n) is 13.0. The van der Waals surface area contributed by atoms with Crippen molar-refractivity contribution in [3.63, 3.8) is 0 Å². The Balaban J connectivity index is 1.94. The van der Waals surface area contributed by atoms with Gasteiger partial charge in [0.15, 0.2) is 5.54 Å². The number of likely N-dealkylation sites (N-methyl/N-ethyl adjacent to an activating group) is 1. The van der Waals surface area contributed by atoms with Crippen molar-refractivity contribution < 1.29 is 32.7 Å². The van der Waals surface area contributed by atoms with Crippen molar-refractivity contribution >= 4 is 34.2 Å². The minimum Gasteiger partial charge on any atom is -0.496 e. The smallest absolute Gasteiger partial charge is 0.432 e. The molecule has 2 aromatic heterocycles. The lowest BCUT2D eigenvalue weighted by molar-refractivity contribution is -0.788. The summed E-state index contributed by atoms with van der Waals surface area (Å²) < 4.78 is 25.3. The highest BCUT2D eigenvalue weighted by molar-refractivity contribution is 7.19. The zero-order valence-corrected chi connectivity index (χ0v) is 25.3. The number of amides is 4. The minimum absolute atomic E-state index is 0.0630. The molecule has 3 heterocycles. The number of hydrogen-bond acceptors (Lipinski definition) is 9. The van der Waals surface area contributed by atoms with Gasteiger partial charge in [-0.25, -0.2) is 18.9 Å². The SMILES string of the molecule is COc1ccc(F)cc1[C@H](CN1C(=O)[N+](C)(C(C)(C)C(N)=O)C(=O)c2c1sc(-n1nccn1)c2C)OCC(C)(C)C#N. The lowest BCUT2D eigenvalue weighted by atomic mass is 9.94. The Bertz CT molecular complexity index is 1590. The lowest BCUT2D eigenvalue weighted by Crippen LogP contribution is -2.74. The van der Waals surface area contributed by atoms with Crippen LogP contribution in [0.15, 0.2) is 30.6 Å². The van der Waals surface area contributed by atoms with Gasteiger partial charge in [-0.15, -0.1) is 4.80 Å². The first kappa shape index (κ1) is 30.8. The fourth-order valence-corrected chi connectivity index (χ4v) is 5.88. The molecule has 4 amide bonds. The van der Waals surface area contributed by atoms with Crippen molar-refractivity contribution in [3.05, 3.63) is 53.1 Å².